The number of hydrogen-bond acceptors (Lipinski definition) is 4. The van der Waals surface area contributed by atoms with E-state index in [1.165, 1.54) is 14.0 Å². The quantitative estimate of drug-likeness (QED) is 0.860. The van der Waals surface area contributed by atoms with Crippen LogP contribution in [0.5, 0.6) is 5.75 Å². The molecule has 0 bridgehead atoms. The number of methoxy groups -OCH3 is 1. The molecule has 96 valence electrons. The van der Waals surface area contributed by atoms with Gasteiger partial charge >= 0.3 is 0 Å². The average Bonchev–Trinajstić information content (AvgIpc) is 2.26. The van der Waals surface area contributed by atoms with E-state index < -0.39 is 19.6 Å². The fourth-order valence-electron chi connectivity index (χ4n) is 1.29. The molecule has 4 nitrogen and oxygen atoms in total. The van der Waals surface area contributed by atoms with Crippen molar-refractivity contribution in [3.8, 4) is 5.75 Å². The standard InChI is InChI=1S/C11H15BrO4S/c1-11(12,17(3,14)15)10(13)8-4-6-9(16-2)7-5-8/h4-7,10,13H,1-3H3/t10-,11-/m0/s1. The third-order valence-corrected chi connectivity index (χ3v) is 6.52. The normalized spacial score (nSPS) is 17.2. The molecule has 1 aromatic carbocycles. The zero-order valence-electron chi connectivity index (χ0n) is 9.84. The molecule has 1 rings (SSSR count). The van der Waals surface area contributed by atoms with Crippen LogP contribution in [-0.2, 0) is 9.84 Å². The summed E-state index contributed by atoms with van der Waals surface area (Å²) in [6, 6.07) is 6.61. The summed E-state index contributed by atoms with van der Waals surface area (Å²) >= 11 is 3.07. The molecule has 0 spiro atoms. The minimum absolute atomic E-state index is 0.510. The van der Waals surface area contributed by atoms with Crippen molar-refractivity contribution in [2.24, 2.45) is 0 Å². The number of halogens is 1. The number of aliphatic hydroxyl groups excluding tert-OH is 1. The molecule has 0 amide bonds. The number of rotatable bonds is 4. The smallest absolute Gasteiger partial charge is 0.165 e. The van der Waals surface area contributed by atoms with E-state index in [0.29, 0.717) is 11.3 Å². The number of ether oxygens (including phenoxy) is 1. The lowest BCUT2D eigenvalue weighted by Gasteiger charge is -2.26. The van der Waals surface area contributed by atoms with E-state index >= 15 is 0 Å². The van der Waals surface area contributed by atoms with E-state index in [1.54, 1.807) is 24.3 Å². The molecule has 0 radical (unpaired) electrons. The van der Waals surface area contributed by atoms with Crippen molar-refractivity contribution >= 4 is 25.8 Å². The van der Waals surface area contributed by atoms with Crippen molar-refractivity contribution in [2.45, 2.75) is 16.7 Å². The Balaban J connectivity index is 3.08. The van der Waals surface area contributed by atoms with Crippen LogP contribution >= 0.6 is 15.9 Å². The summed E-state index contributed by atoms with van der Waals surface area (Å²) in [4.78, 5) is 0. The highest BCUT2D eigenvalue weighted by atomic mass is 79.9. The lowest BCUT2D eigenvalue weighted by atomic mass is 10.1. The summed E-state index contributed by atoms with van der Waals surface area (Å²) < 4.78 is 26.7. The Morgan fingerprint density at radius 2 is 1.82 bits per heavy atom. The highest BCUT2D eigenvalue weighted by Gasteiger charge is 2.41. The van der Waals surface area contributed by atoms with Gasteiger partial charge in [0.2, 0.25) is 0 Å². The number of aliphatic hydroxyl groups is 1. The highest BCUT2D eigenvalue weighted by molar-refractivity contribution is 9.11. The van der Waals surface area contributed by atoms with Crippen LogP contribution < -0.4 is 4.74 Å². The second kappa shape index (κ2) is 4.96. The lowest BCUT2D eigenvalue weighted by Crippen LogP contribution is -2.34. The van der Waals surface area contributed by atoms with Crippen LogP contribution in [0.4, 0.5) is 0 Å². The summed E-state index contributed by atoms with van der Waals surface area (Å²) in [7, 11) is -1.89. The number of sulfone groups is 1. The van der Waals surface area contributed by atoms with Gasteiger partial charge in [0.1, 0.15) is 11.9 Å². The largest absolute Gasteiger partial charge is 0.497 e. The first-order valence-electron chi connectivity index (χ1n) is 4.90. The average molecular weight is 323 g/mol. The molecule has 0 saturated heterocycles. The SMILES string of the molecule is COc1ccc([C@H](O)[C@@](C)(Br)S(C)(=O)=O)cc1. The Labute approximate surface area is 110 Å². The summed E-state index contributed by atoms with van der Waals surface area (Å²) in [6.07, 6.45) is -0.0718. The van der Waals surface area contributed by atoms with Gasteiger partial charge in [-0.3, -0.25) is 0 Å². The van der Waals surface area contributed by atoms with Crippen LogP contribution in [0.15, 0.2) is 24.3 Å². The minimum atomic E-state index is -3.43. The monoisotopic (exact) mass is 322 g/mol. The number of hydrogen-bond donors (Lipinski definition) is 1. The van der Waals surface area contributed by atoms with E-state index in [2.05, 4.69) is 15.9 Å². The molecule has 1 N–H and O–H groups in total. The Morgan fingerprint density at radius 1 is 1.35 bits per heavy atom. The van der Waals surface area contributed by atoms with Gasteiger partial charge < -0.3 is 9.84 Å². The molecule has 0 fully saturated rings. The lowest BCUT2D eigenvalue weighted by molar-refractivity contribution is 0.168. The van der Waals surface area contributed by atoms with Gasteiger partial charge in [0.15, 0.2) is 13.5 Å². The van der Waals surface area contributed by atoms with Crippen molar-refractivity contribution in [2.75, 3.05) is 13.4 Å². The fraction of sp³-hybridized carbons (Fsp3) is 0.455. The van der Waals surface area contributed by atoms with Crippen LogP contribution in [-0.4, -0.2) is 30.5 Å². The maximum atomic E-state index is 11.6. The molecule has 0 aliphatic carbocycles. The Morgan fingerprint density at radius 3 is 2.18 bits per heavy atom. The molecule has 6 heteroatoms. The van der Waals surface area contributed by atoms with Gasteiger partial charge in [0, 0.05) is 6.26 Å². The second-order valence-corrected chi connectivity index (χ2v) is 8.50. The van der Waals surface area contributed by atoms with E-state index in [4.69, 9.17) is 4.74 Å². The molecule has 17 heavy (non-hydrogen) atoms. The van der Waals surface area contributed by atoms with Gasteiger partial charge in [-0.2, -0.15) is 0 Å². The predicted molar refractivity (Wildman–Crippen MR) is 70.1 cm³/mol. The molecule has 1 aromatic rings. The molecule has 2 atom stereocenters. The minimum Gasteiger partial charge on any atom is -0.497 e. The topological polar surface area (TPSA) is 63.6 Å². The van der Waals surface area contributed by atoms with Gasteiger partial charge in [0.05, 0.1) is 7.11 Å². The first-order valence-corrected chi connectivity index (χ1v) is 7.59. The summed E-state index contributed by atoms with van der Waals surface area (Å²) in [5.41, 5.74) is 0.510. The Kier molecular flexibility index (Phi) is 4.22. The maximum absolute atomic E-state index is 11.6. The van der Waals surface area contributed by atoms with Gasteiger partial charge in [-0.15, -0.1) is 0 Å². The van der Waals surface area contributed by atoms with Crippen molar-refractivity contribution in [1.29, 1.82) is 0 Å². The first-order chi connectivity index (χ1) is 7.70. The Hall–Kier alpha value is -0.590. The summed E-state index contributed by atoms with van der Waals surface area (Å²) in [6.45, 7) is 1.43. The number of alkyl halides is 1. The molecule has 0 unspecified atom stereocenters. The van der Waals surface area contributed by atoms with Crippen molar-refractivity contribution in [3.63, 3.8) is 0 Å². The fourth-order valence-corrected chi connectivity index (χ4v) is 2.09. The van der Waals surface area contributed by atoms with E-state index in [0.717, 1.165) is 6.26 Å². The molecule has 0 heterocycles. The third-order valence-electron chi connectivity index (χ3n) is 2.64. The Bertz CT molecular complexity index is 479. The highest BCUT2D eigenvalue weighted by Crippen LogP contribution is 2.38. The zero-order chi connectivity index (χ0) is 13.3. The summed E-state index contributed by atoms with van der Waals surface area (Å²) in [5.74, 6) is 0.650. The number of benzene rings is 1. The van der Waals surface area contributed by atoms with Gasteiger partial charge in [-0.1, -0.05) is 28.1 Å². The van der Waals surface area contributed by atoms with Crippen molar-refractivity contribution in [3.05, 3.63) is 29.8 Å². The third kappa shape index (κ3) is 3.00. The maximum Gasteiger partial charge on any atom is 0.165 e. The predicted octanol–water partition coefficient (Wildman–Crippen LogP) is 1.88. The van der Waals surface area contributed by atoms with Gasteiger partial charge in [-0.05, 0) is 24.6 Å². The molecule has 0 aliphatic rings. The van der Waals surface area contributed by atoms with Crippen LogP contribution in [0, 0.1) is 0 Å². The van der Waals surface area contributed by atoms with Crippen LogP contribution in [0.25, 0.3) is 0 Å². The second-order valence-electron chi connectivity index (χ2n) is 3.93. The van der Waals surface area contributed by atoms with Gasteiger partial charge in [0.25, 0.3) is 0 Å². The van der Waals surface area contributed by atoms with Crippen molar-refractivity contribution < 1.29 is 18.3 Å². The van der Waals surface area contributed by atoms with E-state index in [1.807, 2.05) is 0 Å². The first kappa shape index (κ1) is 14.5. The summed E-state index contributed by atoms with van der Waals surface area (Å²) in [5, 5.41) is 10.1. The van der Waals surface area contributed by atoms with Crippen LogP contribution in [0.3, 0.4) is 0 Å². The van der Waals surface area contributed by atoms with Crippen molar-refractivity contribution in [1.82, 2.24) is 0 Å². The molecular formula is C11H15BrO4S. The zero-order valence-corrected chi connectivity index (χ0v) is 12.2. The molecular weight excluding hydrogens is 308 g/mol. The van der Waals surface area contributed by atoms with Crippen LogP contribution in [0.1, 0.15) is 18.6 Å². The van der Waals surface area contributed by atoms with Gasteiger partial charge in [-0.25, -0.2) is 8.42 Å². The molecule has 0 saturated carbocycles. The van der Waals surface area contributed by atoms with E-state index in [9.17, 15) is 13.5 Å². The molecule has 0 aromatic heterocycles. The molecule has 0 aliphatic heterocycles. The van der Waals surface area contributed by atoms with Crippen LogP contribution in [0.2, 0.25) is 0 Å². The van der Waals surface area contributed by atoms with E-state index in [-0.39, 0.29) is 0 Å².